The molecule has 0 spiro atoms. The number of amides is 2. The van der Waals surface area contributed by atoms with Crippen molar-refractivity contribution in [3.8, 4) is 0 Å². The minimum Gasteiger partial charge on any atom is -0.346 e. The molecule has 0 radical (unpaired) electrons. The fraction of sp³-hybridized carbons (Fsp3) is 0.400. The highest BCUT2D eigenvalue weighted by Gasteiger charge is 2.25. The molecule has 8 nitrogen and oxygen atoms in total. The van der Waals surface area contributed by atoms with Gasteiger partial charge in [0, 0.05) is 19.5 Å². The van der Waals surface area contributed by atoms with Crippen molar-refractivity contribution < 1.29 is 9.59 Å². The number of benzene rings is 1. The minimum absolute atomic E-state index is 0.0459. The van der Waals surface area contributed by atoms with Crippen molar-refractivity contribution in [2.75, 3.05) is 13.1 Å². The molecule has 1 aromatic heterocycles. The third-order valence-corrected chi connectivity index (χ3v) is 3.81. The smallest absolute Gasteiger partial charge is 0.242 e. The number of nitrogens with zero attached hydrogens (tertiary/aromatic N) is 5. The van der Waals surface area contributed by atoms with Gasteiger partial charge in [0.25, 0.3) is 0 Å². The number of hydrogen-bond acceptors (Lipinski definition) is 5. The molecule has 1 aromatic carbocycles. The lowest BCUT2D eigenvalue weighted by atomic mass is 10.1. The normalized spacial score (nSPS) is 15.7. The molecular formula is C15H18N6O2. The Morgan fingerprint density at radius 2 is 2.13 bits per heavy atom. The highest BCUT2D eigenvalue weighted by molar-refractivity contribution is 5.79. The predicted octanol–water partition coefficient (Wildman–Crippen LogP) is 0.153. The highest BCUT2D eigenvalue weighted by Crippen LogP contribution is 2.18. The maximum absolute atomic E-state index is 12.2. The summed E-state index contributed by atoms with van der Waals surface area (Å²) >= 11 is 0. The summed E-state index contributed by atoms with van der Waals surface area (Å²) in [6, 6.07) is 9.40. The molecule has 1 N–H and O–H groups in total. The van der Waals surface area contributed by atoms with E-state index in [2.05, 4.69) is 20.8 Å². The second kappa shape index (κ2) is 6.99. The molecular weight excluding hydrogens is 296 g/mol. The third kappa shape index (κ3) is 3.91. The van der Waals surface area contributed by atoms with Crippen LogP contribution in [0, 0.1) is 0 Å². The Morgan fingerprint density at radius 3 is 2.78 bits per heavy atom. The molecule has 2 heterocycles. The topological polar surface area (TPSA) is 93.0 Å². The van der Waals surface area contributed by atoms with Crippen LogP contribution in [0.15, 0.2) is 36.7 Å². The number of nitrogens with one attached hydrogen (secondary N) is 1. The molecule has 120 valence electrons. The van der Waals surface area contributed by atoms with Gasteiger partial charge in [0.05, 0.1) is 6.04 Å². The summed E-state index contributed by atoms with van der Waals surface area (Å²) in [6.45, 7) is 1.26. The molecule has 2 amide bonds. The van der Waals surface area contributed by atoms with Gasteiger partial charge in [-0.05, 0) is 22.4 Å². The summed E-state index contributed by atoms with van der Waals surface area (Å²) in [4.78, 5) is 25.9. The summed E-state index contributed by atoms with van der Waals surface area (Å²) in [6.07, 6.45) is 2.85. The van der Waals surface area contributed by atoms with E-state index in [0.29, 0.717) is 13.0 Å². The quantitative estimate of drug-likeness (QED) is 0.819. The van der Waals surface area contributed by atoms with Crippen LogP contribution in [0.4, 0.5) is 0 Å². The van der Waals surface area contributed by atoms with E-state index in [-0.39, 0.29) is 24.4 Å². The van der Waals surface area contributed by atoms with Crippen molar-refractivity contribution in [3.63, 3.8) is 0 Å². The Morgan fingerprint density at radius 1 is 1.30 bits per heavy atom. The van der Waals surface area contributed by atoms with E-state index in [1.807, 2.05) is 30.3 Å². The van der Waals surface area contributed by atoms with Gasteiger partial charge < -0.3 is 10.2 Å². The summed E-state index contributed by atoms with van der Waals surface area (Å²) < 4.78 is 1.36. The van der Waals surface area contributed by atoms with Crippen LogP contribution in [0.5, 0.6) is 0 Å². The van der Waals surface area contributed by atoms with Crippen molar-refractivity contribution in [2.45, 2.75) is 25.4 Å². The summed E-state index contributed by atoms with van der Waals surface area (Å²) in [5, 5.41) is 13.7. The second-order valence-electron chi connectivity index (χ2n) is 5.48. The standard InChI is InChI=1S/C15H18N6O2/c22-14(10-21-11-16-18-19-21)17-13(12-5-2-1-3-6-12)9-20-8-4-7-15(20)23/h1-3,5-6,11,13H,4,7-10H2,(H,17,22). The first-order valence-electron chi connectivity index (χ1n) is 7.55. The highest BCUT2D eigenvalue weighted by atomic mass is 16.2. The number of rotatable bonds is 6. The van der Waals surface area contributed by atoms with Crippen LogP contribution in [-0.4, -0.2) is 50.0 Å². The largest absolute Gasteiger partial charge is 0.346 e. The van der Waals surface area contributed by atoms with Crippen molar-refractivity contribution in [1.29, 1.82) is 0 Å². The zero-order chi connectivity index (χ0) is 16.1. The van der Waals surface area contributed by atoms with Crippen molar-refractivity contribution in [3.05, 3.63) is 42.2 Å². The maximum atomic E-state index is 12.2. The second-order valence-corrected chi connectivity index (χ2v) is 5.48. The molecule has 1 aliphatic heterocycles. The van der Waals surface area contributed by atoms with Crippen LogP contribution < -0.4 is 5.32 Å². The first-order chi connectivity index (χ1) is 11.2. The molecule has 0 bridgehead atoms. The number of likely N-dealkylation sites (tertiary alicyclic amines) is 1. The molecule has 0 saturated carbocycles. The van der Waals surface area contributed by atoms with Gasteiger partial charge in [-0.1, -0.05) is 30.3 Å². The van der Waals surface area contributed by atoms with Gasteiger partial charge >= 0.3 is 0 Å². The van der Waals surface area contributed by atoms with Gasteiger partial charge in [-0.25, -0.2) is 4.68 Å². The average molecular weight is 314 g/mol. The van der Waals surface area contributed by atoms with Crippen LogP contribution in [0.25, 0.3) is 0 Å². The monoisotopic (exact) mass is 314 g/mol. The van der Waals surface area contributed by atoms with E-state index in [0.717, 1.165) is 18.5 Å². The number of hydrogen-bond donors (Lipinski definition) is 1. The SMILES string of the molecule is O=C(Cn1cnnn1)NC(CN1CCCC1=O)c1ccccc1. The molecule has 3 rings (SSSR count). The zero-order valence-electron chi connectivity index (χ0n) is 12.6. The lowest BCUT2D eigenvalue weighted by Gasteiger charge is -2.25. The van der Waals surface area contributed by atoms with Gasteiger partial charge in [0.2, 0.25) is 11.8 Å². The Kier molecular flexibility index (Phi) is 4.60. The Hall–Kier alpha value is -2.77. The first-order valence-corrected chi connectivity index (χ1v) is 7.55. The number of tetrazole rings is 1. The molecule has 1 unspecified atom stereocenters. The van der Waals surface area contributed by atoms with Crippen molar-refractivity contribution in [1.82, 2.24) is 30.4 Å². The van der Waals surface area contributed by atoms with Crippen molar-refractivity contribution >= 4 is 11.8 Å². The van der Waals surface area contributed by atoms with E-state index in [4.69, 9.17) is 0 Å². The van der Waals surface area contributed by atoms with Crippen LogP contribution in [0.3, 0.4) is 0 Å². The van der Waals surface area contributed by atoms with E-state index >= 15 is 0 Å². The van der Waals surface area contributed by atoms with Crippen LogP contribution in [0.2, 0.25) is 0 Å². The molecule has 23 heavy (non-hydrogen) atoms. The van der Waals surface area contributed by atoms with E-state index in [1.54, 1.807) is 4.90 Å². The van der Waals surface area contributed by atoms with Gasteiger partial charge in [-0.15, -0.1) is 5.10 Å². The molecule has 1 atom stereocenters. The van der Waals surface area contributed by atoms with E-state index in [1.165, 1.54) is 11.0 Å². The molecule has 1 aliphatic rings. The first kappa shape index (κ1) is 15.1. The molecule has 2 aromatic rings. The summed E-state index contributed by atoms with van der Waals surface area (Å²) in [5.41, 5.74) is 0.970. The zero-order valence-corrected chi connectivity index (χ0v) is 12.6. The molecule has 1 fully saturated rings. The Labute approximate surface area is 133 Å². The fourth-order valence-electron chi connectivity index (χ4n) is 2.68. The summed E-state index contributed by atoms with van der Waals surface area (Å²) in [7, 11) is 0. The van der Waals surface area contributed by atoms with Gasteiger partial charge in [0.1, 0.15) is 12.9 Å². The van der Waals surface area contributed by atoms with Gasteiger partial charge in [-0.3, -0.25) is 9.59 Å². The van der Waals surface area contributed by atoms with Crippen LogP contribution in [-0.2, 0) is 16.1 Å². The van der Waals surface area contributed by atoms with E-state index in [9.17, 15) is 9.59 Å². The lowest BCUT2D eigenvalue weighted by Crippen LogP contribution is -2.39. The number of carbonyl (C=O) groups excluding carboxylic acids is 2. The number of aromatic nitrogens is 4. The number of carbonyl (C=O) groups is 2. The Balaban J connectivity index is 1.69. The third-order valence-electron chi connectivity index (χ3n) is 3.81. The van der Waals surface area contributed by atoms with Gasteiger partial charge in [0.15, 0.2) is 0 Å². The molecule has 8 heteroatoms. The van der Waals surface area contributed by atoms with Crippen LogP contribution in [0.1, 0.15) is 24.4 Å². The van der Waals surface area contributed by atoms with Crippen molar-refractivity contribution in [2.24, 2.45) is 0 Å². The minimum atomic E-state index is -0.248. The van der Waals surface area contributed by atoms with E-state index < -0.39 is 0 Å². The fourth-order valence-corrected chi connectivity index (χ4v) is 2.68. The Bertz CT molecular complexity index is 658. The molecule has 0 aliphatic carbocycles. The maximum Gasteiger partial charge on any atom is 0.242 e. The van der Waals surface area contributed by atoms with Crippen LogP contribution >= 0.6 is 0 Å². The average Bonchev–Trinajstić information content (AvgIpc) is 3.20. The predicted molar refractivity (Wildman–Crippen MR) is 81.0 cm³/mol. The summed E-state index contributed by atoms with van der Waals surface area (Å²) in [5.74, 6) is -0.0570. The van der Waals surface area contributed by atoms with Gasteiger partial charge in [-0.2, -0.15) is 0 Å². The molecule has 1 saturated heterocycles. The lowest BCUT2D eigenvalue weighted by molar-refractivity contribution is -0.129.